The molecule has 0 spiro atoms. The molecule has 0 aromatic heterocycles. The minimum Gasteiger partial charge on any atom is -0.321 e. The molecule has 1 fully saturated rings. The van der Waals surface area contributed by atoms with Crippen molar-refractivity contribution in [1.29, 1.82) is 0 Å². The Morgan fingerprint density at radius 1 is 1.11 bits per heavy atom. The fraction of sp³-hybridized carbons (Fsp3) is 0.238. The number of rotatable bonds is 3. The Labute approximate surface area is 161 Å². The van der Waals surface area contributed by atoms with Crippen molar-refractivity contribution in [3.63, 3.8) is 0 Å². The van der Waals surface area contributed by atoms with Gasteiger partial charge in [0.15, 0.2) is 6.04 Å². The maximum atomic E-state index is 13.4. The van der Waals surface area contributed by atoms with Gasteiger partial charge in [0.2, 0.25) is 5.91 Å². The molecule has 2 aliphatic heterocycles. The van der Waals surface area contributed by atoms with Crippen LogP contribution < -0.4 is 9.80 Å². The number of imide groups is 1. The molecule has 2 heterocycles. The number of hydrogen-bond donors (Lipinski definition) is 1. The minimum atomic E-state index is -0.573. The van der Waals surface area contributed by atoms with Gasteiger partial charge < -0.3 is 4.90 Å². The lowest BCUT2D eigenvalue weighted by atomic mass is 9.98. The van der Waals surface area contributed by atoms with Gasteiger partial charge in [-0.25, -0.2) is 9.29 Å². The summed E-state index contributed by atoms with van der Waals surface area (Å²) in [7, 11) is 0. The zero-order valence-corrected chi connectivity index (χ0v) is 15.4. The van der Waals surface area contributed by atoms with Crippen molar-refractivity contribution in [2.45, 2.75) is 18.9 Å². The quantitative estimate of drug-likeness (QED) is 0.825. The number of halogens is 2. The highest BCUT2D eigenvalue weighted by atomic mass is 35.5. The van der Waals surface area contributed by atoms with Crippen LogP contribution in [0.5, 0.6) is 0 Å². The van der Waals surface area contributed by atoms with Crippen molar-refractivity contribution in [2.75, 3.05) is 18.0 Å². The Hall–Kier alpha value is -2.50. The van der Waals surface area contributed by atoms with Gasteiger partial charge in [-0.2, -0.15) is 0 Å². The van der Waals surface area contributed by atoms with Crippen molar-refractivity contribution in [2.24, 2.45) is 0 Å². The predicted octanol–water partition coefficient (Wildman–Crippen LogP) is 2.48. The van der Waals surface area contributed by atoms with Crippen LogP contribution in [0.1, 0.15) is 18.4 Å². The first-order valence-electron chi connectivity index (χ1n) is 8.95. The highest BCUT2D eigenvalue weighted by Gasteiger charge is 2.46. The second-order valence-electron chi connectivity index (χ2n) is 6.88. The SMILES string of the molecule is O=C1C[C@@H]([NH+]2CC=C(c3ccccc3)CC2)C(=O)N1c1ccc(F)c(Cl)c1. The summed E-state index contributed by atoms with van der Waals surface area (Å²) < 4.78 is 13.4. The molecule has 2 aliphatic rings. The summed E-state index contributed by atoms with van der Waals surface area (Å²) in [5.41, 5.74) is 2.81. The number of nitrogens with zero attached hydrogens (tertiary/aromatic N) is 1. The van der Waals surface area contributed by atoms with E-state index in [1.165, 1.54) is 29.3 Å². The average Bonchev–Trinajstić information content (AvgIpc) is 2.99. The van der Waals surface area contributed by atoms with E-state index >= 15 is 0 Å². The van der Waals surface area contributed by atoms with Crippen LogP contribution in [0.2, 0.25) is 5.02 Å². The number of benzene rings is 2. The van der Waals surface area contributed by atoms with Gasteiger partial charge in [0.25, 0.3) is 5.91 Å². The predicted molar refractivity (Wildman–Crippen MR) is 102 cm³/mol. The molecule has 27 heavy (non-hydrogen) atoms. The first kappa shape index (κ1) is 17.9. The molecule has 4 nitrogen and oxygen atoms in total. The molecule has 1 unspecified atom stereocenters. The molecule has 138 valence electrons. The minimum absolute atomic E-state index is 0.0997. The monoisotopic (exact) mass is 385 g/mol. The third kappa shape index (κ3) is 3.40. The van der Waals surface area contributed by atoms with Gasteiger partial charge in [-0.3, -0.25) is 9.59 Å². The molecule has 4 rings (SSSR count). The van der Waals surface area contributed by atoms with E-state index in [4.69, 9.17) is 11.6 Å². The van der Waals surface area contributed by atoms with E-state index in [1.807, 2.05) is 18.2 Å². The van der Waals surface area contributed by atoms with Gasteiger partial charge in [0.05, 0.1) is 30.2 Å². The fourth-order valence-electron chi connectivity index (χ4n) is 3.83. The molecule has 0 radical (unpaired) electrons. The molecule has 2 aromatic rings. The van der Waals surface area contributed by atoms with Crippen LogP contribution in [0, 0.1) is 5.82 Å². The Morgan fingerprint density at radius 2 is 1.89 bits per heavy atom. The zero-order chi connectivity index (χ0) is 19.0. The lowest BCUT2D eigenvalue weighted by molar-refractivity contribution is -0.909. The number of anilines is 1. The van der Waals surface area contributed by atoms with Crippen LogP contribution in [0.4, 0.5) is 10.1 Å². The van der Waals surface area contributed by atoms with Crippen LogP contribution in [0.15, 0.2) is 54.6 Å². The lowest BCUT2D eigenvalue weighted by Crippen LogP contribution is -3.17. The van der Waals surface area contributed by atoms with Crippen LogP contribution in [0.3, 0.4) is 0 Å². The smallest absolute Gasteiger partial charge is 0.292 e. The van der Waals surface area contributed by atoms with Crippen molar-refractivity contribution in [3.8, 4) is 0 Å². The van der Waals surface area contributed by atoms with E-state index in [-0.39, 0.29) is 23.3 Å². The summed E-state index contributed by atoms with van der Waals surface area (Å²) in [5, 5.41) is -0.0997. The maximum Gasteiger partial charge on any atom is 0.292 e. The first-order chi connectivity index (χ1) is 13.0. The Kier molecular flexibility index (Phi) is 4.81. The number of quaternary nitrogens is 1. The Bertz CT molecular complexity index is 929. The second-order valence-corrected chi connectivity index (χ2v) is 7.29. The summed E-state index contributed by atoms with van der Waals surface area (Å²) in [6, 6.07) is 13.7. The molecule has 2 amide bonds. The summed E-state index contributed by atoms with van der Waals surface area (Å²) in [6.45, 7) is 1.49. The number of nitrogens with one attached hydrogen (secondary N) is 1. The van der Waals surface area contributed by atoms with E-state index in [2.05, 4.69) is 18.2 Å². The molecule has 1 saturated heterocycles. The summed E-state index contributed by atoms with van der Waals surface area (Å²) in [4.78, 5) is 27.6. The number of carbonyl (C=O) groups excluding carboxylic acids is 2. The van der Waals surface area contributed by atoms with E-state index in [1.54, 1.807) is 0 Å². The Morgan fingerprint density at radius 3 is 2.56 bits per heavy atom. The van der Waals surface area contributed by atoms with E-state index in [0.29, 0.717) is 12.2 Å². The molecule has 1 N–H and O–H groups in total. The van der Waals surface area contributed by atoms with Gasteiger partial charge >= 0.3 is 0 Å². The van der Waals surface area contributed by atoms with Crippen LogP contribution in [-0.4, -0.2) is 30.9 Å². The van der Waals surface area contributed by atoms with E-state index < -0.39 is 11.9 Å². The number of amides is 2. The van der Waals surface area contributed by atoms with Gasteiger partial charge in [0.1, 0.15) is 5.82 Å². The fourth-order valence-corrected chi connectivity index (χ4v) is 4.01. The van der Waals surface area contributed by atoms with Crippen molar-refractivity contribution >= 4 is 34.7 Å². The number of carbonyl (C=O) groups is 2. The molecule has 0 bridgehead atoms. The lowest BCUT2D eigenvalue weighted by Gasteiger charge is -2.27. The topological polar surface area (TPSA) is 41.8 Å². The summed E-state index contributed by atoms with van der Waals surface area (Å²) in [6.07, 6.45) is 3.18. The molecular formula is C21H19ClFN2O2+. The standard InChI is InChI=1S/C21H18ClFN2O2/c22-17-12-16(6-7-18(17)23)25-20(26)13-19(21(25)27)24-10-8-15(9-11-24)14-4-2-1-3-5-14/h1-8,12,19H,9-11,13H2/p+1/t19-/m1/s1. The van der Waals surface area contributed by atoms with Crippen LogP contribution >= 0.6 is 11.6 Å². The average molecular weight is 386 g/mol. The number of hydrogen-bond acceptors (Lipinski definition) is 2. The molecular weight excluding hydrogens is 367 g/mol. The Balaban J connectivity index is 1.51. The maximum absolute atomic E-state index is 13.4. The molecule has 2 atom stereocenters. The molecule has 2 aromatic carbocycles. The third-order valence-corrected chi connectivity index (χ3v) is 5.56. The summed E-state index contributed by atoms with van der Waals surface area (Å²) in [5.74, 6) is -1.08. The molecule has 0 aliphatic carbocycles. The highest BCUT2D eigenvalue weighted by Crippen LogP contribution is 2.27. The molecule has 0 saturated carbocycles. The van der Waals surface area contributed by atoms with Crippen LogP contribution in [0.25, 0.3) is 5.57 Å². The van der Waals surface area contributed by atoms with Gasteiger partial charge in [0, 0.05) is 6.42 Å². The van der Waals surface area contributed by atoms with E-state index in [9.17, 15) is 14.0 Å². The van der Waals surface area contributed by atoms with Crippen LogP contribution in [-0.2, 0) is 9.59 Å². The van der Waals surface area contributed by atoms with E-state index in [0.717, 1.165) is 22.8 Å². The normalized spacial score (nSPS) is 22.9. The van der Waals surface area contributed by atoms with Crippen molar-refractivity contribution in [3.05, 3.63) is 71.0 Å². The highest BCUT2D eigenvalue weighted by molar-refractivity contribution is 6.31. The summed E-state index contributed by atoms with van der Waals surface area (Å²) >= 11 is 5.81. The molecule has 6 heteroatoms. The van der Waals surface area contributed by atoms with Crippen molar-refractivity contribution < 1.29 is 18.9 Å². The zero-order valence-electron chi connectivity index (χ0n) is 14.6. The first-order valence-corrected chi connectivity index (χ1v) is 9.33. The van der Waals surface area contributed by atoms with Gasteiger partial charge in [-0.15, -0.1) is 0 Å². The van der Waals surface area contributed by atoms with Gasteiger partial charge in [-0.1, -0.05) is 41.9 Å². The van der Waals surface area contributed by atoms with Gasteiger partial charge in [-0.05, 0) is 35.4 Å². The van der Waals surface area contributed by atoms with Crippen molar-refractivity contribution in [1.82, 2.24) is 0 Å². The largest absolute Gasteiger partial charge is 0.321 e. The third-order valence-electron chi connectivity index (χ3n) is 5.27. The second kappa shape index (κ2) is 7.25.